The standard InChI is InChI=1S/2C26H21.C3H6.2ClH.Hf/c2*1-2-8-18-15-19-11-7-14-24(25(19)16-18)26-22-12-5-3-9-20(22)17-21-10-4-6-13-23(21)26;1-3-2;;;/h2*3-7,9-17H,2,8H2,1H3;1-3H2;2*1H;/q2*-1;-2;;;/p-2. The van der Waals surface area contributed by atoms with Crippen molar-refractivity contribution < 1.29 is 50.7 Å². The maximum Gasteiger partial charge on any atom is 0 e. The number of halogens is 2. The molecule has 0 saturated heterocycles. The Hall–Kier alpha value is -4.53. The summed E-state index contributed by atoms with van der Waals surface area (Å²) in [5.74, 6) is 0. The molecule has 3 heteroatoms. The van der Waals surface area contributed by atoms with Gasteiger partial charge in [-0.3, -0.25) is 0 Å². The maximum absolute atomic E-state index is 3.38. The molecule has 58 heavy (non-hydrogen) atoms. The second kappa shape index (κ2) is 20.4. The minimum atomic E-state index is 0. The van der Waals surface area contributed by atoms with Gasteiger partial charge >= 0.3 is 0 Å². The fourth-order valence-electron chi connectivity index (χ4n) is 8.50. The fourth-order valence-corrected chi connectivity index (χ4v) is 8.50. The molecule has 0 unspecified atom stereocenters. The smallest absolute Gasteiger partial charge is 0 e. The molecule has 10 aromatic rings. The molecule has 0 spiro atoms. The van der Waals surface area contributed by atoms with Crippen LogP contribution in [0.3, 0.4) is 0 Å². The molecule has 0 aliphatic heterocycles. The van der Waals surface area contributed by atoms with Crippen LogP contribution in [0, 0.1) is 13.8 Å². The third-order valence-corrected chi connectivity index (χ3v) is 10.8. The Kier molecular flexibility index (Phi) is 15.7. The Morgan fingerprint density at radius 3 is 1.02 bits per heavy atom. The van der Waals surface area contributed by atoms with E-state index in [2.05, 4.69) is 198 Å². The maximum atomic E-state index is 3.38. The first-order valence-corrected chi connectivity index (χ1v) is 19.9. The van der Waals surface area contributed by atoms with E-state index in [1.807, 2.05) is 0 Å². The molecular weight excluding hydrogens is 910 g/mol. The van der Waals surface area contributed by atoms with Gasteiger partial charge in [0.05, 0.1) is 0 Å². The van der Waals surface area contributed by atoms with Crippen LogP contribution in [0.15, 0.2) is 170 Å². The largest absolute Gasteiger partial charge is 1.00 e. The predicted molar refractivity (Wildman–Crippen MR) is 243 cm³/mol. The molecule has 10 aromatic carbocycles. The zero-order valence-corrected chi connectivity index (χ0v) is 38.5. The summed E-state index contributed by atoms with van der Waals surface area (Å²) in [6.07, 6.45) is 5.40. The zero-order valence-electron chi connectivity index (χ0n) is 33.4. The molecule has 292 valence electrons. The second-order valence-corrected chi connectivity index (χ2v) is 14.6. The van der Waals surface area contributed by atoms with Crippen molar-refractivity contribution >= 4 is 64.6 Å². The van der Waals surface area contributed by atoms with Gasteiger partial charge in [-0.2, -0.15) is 12.1 Å². The minimum Gasteiger partial charge on any atom is -1.00 e. The van der Waals surface area contributed by atoms with Crippen molar-refractivity contribution in [2.24, 2.45) is 0 Å². The topological polar surface area (TPSA) is 0 Å². The summed E-state index contributed by atoms with van der Waals surface area (Å²) in [5.41, 5.74) is 8.30. The van der Waals surface area contributed by atoms with Crippen LogP contribution in [0.4, 0.5) is 0 Å². The Labute approximate surface area is 375 Å². The average molecular weight is 958 g/mol. The summed E-state index contributed by atoms with van der Waals surface area (Å²) < 4.78 is 0. The molecule has 0 aromatic heterocycles. The Morgan fingerprint density at radius 2 is 0.707 bits per heavy atom. The van der Waals surface area contributed by atoms with E-state index in [0.717, 1.165) is 19.3 Å². The third kappa shape index (κ3) is 8.89. The van der Waals surface area contributed by atoms with E-state index in [0.29, 0.717) is 0 Å². The monoisotopic (exact) mass is 958 g/mol. The normalized spacial score (nSPS) is 10.7. The molecule has 0 aliphatic rings. The van der Waals surface area contributed by atoms with Gasteiger partial charge in [-0.1, -0.05) is 147 Å². The van der Waals surface area contributed by atoms with Crippen molar-refractivity contribution in [2.45, 2.75) is 46.0 Å². The zero-order chi connectivity index (χ0) is 37.7. The third-order valence-electron chi connectivity index (χ3n) is 10.8. The molecule has 0 bridgehead atoms. The molecule has 0 amide bonds. The summed E-state index contributed by atoms with van der Waals surface area (Å²) in [4.78, 5) is 0. The van der Waals surface area contributed by atoms with Crippen LogP contribution in [0.1, 0.15) is 44.2 Å². The van der Waals surface area contributed by atoms with Crippen molar-refractivity contribution in [1.82, 2.24) is 0 Å². The molecule has 0 heterocycles. The van der Waals surface area contributed by atoms with Gasteiger partial charge in [0.2, 0.25) is 0 Å². The van der Waals surface area contributed by atoms with Gasteiger partial charge in [-0.25, -0.2) is 0 Å². The minimum absolute atomic E-state index is 0. The number of rotatable bonds is 6. The Morgan fingerprint density at radius 1 is 0.397 bits per heavy atom. The van der Waals surface area contributed by atoms with E-state index < -0.39 is 0 Å². The van der Waals surface area contributed by atoms with Crippen LogP contribution in [0.25, 0.3) is 86.9 Å². The number of hydrogen-bond acceptors (Lipinski definition) is 0. The quantitative estimate of drug-likeness (QED) is 0.0886. The van der Waals surface area contributed by atoms with Gasteiger partial charge in [-0.15, -0.1) is 69.1 Å². The predicted octanol–water partition coefficient (Wildman–Crippen LogP) is 10.0. The van der Waals surface area contributed by atoms with Crippen LogP contribution in [0.2, 0.25) is 0 Å². The molecule has 0 radical (unpaired) electrons. The van der Waals surface area contributed by atoms with Crippen molar-refractivity contribution in [3.05, 3.63) is 195 Å². The molecule has 0 nitrogen and oxygen atoms in total. The number of aryl methyl sites for hydroxylation is 2. The van der Waals surface area contributed by atoms with Crippen molar-refractivity contribution in [1.29, 1.82) is 0 Å². The van der Waals surface area contributed by atoms with Crippen LogP contribution >= 0.6 is 0 Å². The van der Waals surface area contributed by atoms with Crippen LogP contribution in [-0.2, 0) is 38.7 Å². The number of benzene rings is 8. The molecule has 10 rings (SSSR count). The molecule has 0 atom stereocenters. The second-order valence-electron chi connectivity index (χ2n) is 14.6. The summed E-state index contributed by atoms with van der Waals surface area (Å²) in [5, 5.41) is 16.0. The first-order chi connectivity index (χ1) is 27.1. The van der Waals surface area contributed by atoms with E-state index in [-0.39, 0.29) is 50.7 Å². The first-order valence-electron chi connectivity index (χ1n) is 19.9. The molecule has 0 aliphatic carbocycles. The van der Waals surface area contributed by atoms with Crippen LogP contribution < -0.4 is 24.8 Å². The summed E-state index contributed by atoms with van der Waals surface area (Å²) in [6.45, 7) is 11.2. The first kappa shape index (κ1) is 44.6. The summed E-state index contributed by atoms with van der Waals surface area (Å²) in [7, 11) is 0. The number of fused-ring (bicyclic) bond motifs is 6. The molecule has 0 fully saturated rings. The van der Waals surface area contributed by atoms with Gasteiger partial charge in [-0.05, 0) is 79.2 Å². The summed E-state index contributed by atoms with van der Waals surface area (Å²) >= 11 is 0. The van der Waals surface area contributed by atoms with Gasteiger partial charge in [0.1, 0.15) is 0 Å². The number of hydrogen-bond donors (Lipinski definition) is 0. The van der Waals surface area contributed by atoms with Gasteiger partial charge in [0.15, 0.2) is 0 Å². The van der Waals surface area contributed by atoms with Crippen LogP contribution in [-0.4, -0.2) is 0 Å². The van der Waals surface area contributed by atoms with Gasteiger partial charge in [0, 0.05) is 25.8 Å². The molecular formula is C55H48Cl2Hf-6. The van der Waals surface area contributed by atoms with E-state index >= 15 is 0 Å². The van der Waals surface area contributed by atoms with Crippen LogP contribution in [0.5, 0.6) is 0 Å². The van der Waals surface area contributed by atoms with E-state index in [4.69, 9.17) is 0 Å². The van der Waals surface area contributed by atoms with Gasteiger partial charge in [0.25, 0.3) is 0 Å². The summed E-state index contributed by atoms with van der Waals surface area (Å²) in [6, 6.07) is 62.6. The van der Waals surface area contributed by atoms with E-state index in [1.165, 1.54) is 111 Å². The van der Waals surface area contributed by atoms with Crippen molar-refractivity contribution in [2.75, 3.05) is 0 Å². The average Bonchev–Trinajstić information content (AvgIpc) is 3.84. The fraction of sp³-hybridized carbons (Fsp3) is 0.127. The molecule has 0 saturated carbocycles. The Bertz CT molecular complexity index is 2600. The van der Waals surface area contributed by atoms with Crippen molar-refractivity contribution in [3.8, 4) is 22.3 Å². The Balaban J connectivity index is 0.000000198. The van der Waals surface area contributed by atoms with Gasteiger partial charge < -0.3 is 45.1 Å². The van der Waals surface area contributed by atoms with Crippen molar-refractivity contribution in [3.63, 3.8) is 0 Å². The SMILES string of the molecule is CCCc1cc2c(-c3c4ccccc4cc4ccccc34)cccc2[cH-]1.CCCc1cc2c(-c3c4ccccc4cc4ccccc34)cccc2[cH-]1.[CH2-]C[CH2-].[Cl-].[Cl-].[Hf]. The van der Waals surface area contributed by atoms with E-state index in [9.17, 15) is 0 Å². The molecule has 0 N–H and O–H groups in total. The van der Waals surface area contributed by atoms with E-state index in [1.54, 1.807) is 0 Å².